The molecule has 0 aliphatic heterocycles. The molecule has 1 rings (SSSR count). The Morgan fingerprint density at radius 2 is 2.21 bits per heavy atom. The first-order valence-electron chi connectivity index (χ1n) is 4.72. The molecule has 1 aromatic rings. The predicted molar refractivity (Wildman–Crippen MR) is 64.8 cm³/mol. The van der Waals surface area contributed by atoms with E-state index in [4.69, 9.17) is 0 Å². The van der Waals surface area contributed by atoms with Gasteiger partial charge in [-0.3, -0.25) is 4.79 Å². The summed E-state index contributed by atoms with van der Waals surface area (Å²) in [7, 11) is 0. The normalized spacial score (nSPS) is 11.7. The minimum absolute atomic E-state index is 0.191. The monoisotopic (exact) mass is 274 g/mol. The van der Waals surface area contributed by atoms with Gasteiger partial charge in [0.2, 0.25) is 0 Å². The molecular formula is C11H15BrOS. The zero-order valence-electron chi connectivity index (χ0n) is 8.76. The van der Waals surface area contributed by atoms with Gasteiger partial charge in [-0.1, -0.05) is 20.8 Å². The van der Waals surface area contributed by atoms with Crippen LogP contribution in [0.2, 0.25) is 0 Å². The largest absolute Gasteiger partial charge is 0.299 e. The SMILES string of the molecule is CCC(C)(C)C(=O)Cc1sccc1Br. The number of halogens is 1. The smallest absolute Gasteiger partial charge is 0.143 e. The Morgan fingerprint density at radius 1 is 1.57 bits per heavy atom. The van der Waals surface area contributed by atoms with Gasteiger partial charge < -0.3 is 0 Å². The van der Waals surface area contributed by atoms with Crippen LogP contribution in [-0.2, 0) is 11.2 Å². The minimum Gasteiger partial charge on any atom is -0.299 e. The van der Waals surface area contributed by atoms with Crippen molar-refractivity contribution < 1.29 is 4.79 Å². The lowest BCUT2D eigenvalue weighted by atomic mass is 9.83. The number of ketones is 1. The highest BCUT2D eigenvalue weighted by Crippen LogP contribution is 2.28. The maximum Gasteiger partial charge on any atom is 0.143 e. The van der Waals surface area contributed by atoms with E-state index in [0.717, 1.165) is 15.8 Å². The van der Waals surface area contributed by atoms with Crippen LogP contribution in [0.5, 0.6) is 0 Å². The Balaban J connectivity index is 2.71. The highest BCUT2D eigenvalue weighted by Gasteiger charge is 2.25. The highest BCUT2D eigenvalue weighted by atomic mass is 79.9. The second-order valence-electron chi connectivity index (χ2n) is 4.03. The minimum atomic E-state index is -0.191. The standard InChI is InChI=1S/C11H15BrOS/c1-4-11(2,3)10(13)7-9-8(12)5-6-14-9/h5-6H,4,7H2,1-3H3. The predicted octanol–water partition coefficient (Wildman–Crippen LogP) is 4.06. The van der Waals surface area contributed by atoms with Gasteiger partial charge in [-0.05, 0) is 33.8 Å². The summed E-state index contributed by atoms with van der Waals surface area (Å²) in [5, 5.41) is 2.01. The number of hydrogen-bond acceptors (Lipinski definition) is 2. The van der Waals surface area contributed by atoms with Crippen molar-refractivity contribution >= 4 is 33.0 Å². The molecule has 1 aromatic heterocycles. The van der Waals surface area contributed by atoms with Gasteiger partial charge in [0.25, 0.3) is 0 Å². The summed E-state index contributed by atoms with van der Waals surface area (Å²) < 4.78 is 1.06. The summed E-state index contributed by atoms with van der Waals surface area (Å²) >= 11 is 5.08. The van der Waals surface area contributed by atoms with E-state index in [-0.39, 0.29) is 5.41 Å². The lowest BCUT2D eigenvalue weighted by Gasteiger charge is -2.20. The molecule has 0 unspecified atom stereocenters. The fraction of sp³-hybridized carbons (Fsp3) is 0.545. The van der Waals surface area contributed by atoms with Crippen molar-refractivity contribution in [2.75, 3.05) is 0 Å². The zero-order chi connectivity index (χ0) is 10.8. The molecule has 0 bridgehead atoms. The van der Waals surface area contributed by atoms with Crippen molar-refractivity contribution in [3.05, 3.63) is 20.8 Å². The van der Waals surface area contributed by atoms with E-state index in [9.17, 15) is 4.79 Å². The third kappa shape index (κ3) is 2.67. The van der Waals surface area contributed by atoms with E-state index in [0.29, 0.717) is 12.2 Å². The van der Waals surface area contributed by atoms with E-state index >= 15 is 0 Å². The summed E-state index contributed by atoms with van der Waals surface area (Å²) in [5.74, 6) is 0.322. The third-order valence-corrected chi connectivity index (χ3v) is 4.58. The maximum atomic E-state index is 11.9. The Bertz CT molecular complexity index is 328. The van der Waals surface area contributed by atoms with E-state index in [2.05, 4.69) is 22.9 Å². The Labute approximate surface area is 97.7 Å². The molecule has 0 aliphatic carbocycles. The number of carbonyl (C=O) groups excluding carboxylic acids is 1. The van der Waals surface area contributed by atoms with Crippen LogP contribution in [0.1, 0.15) is 32.1 Å². The molecule has 78 valence electrons. The van der Waals surface area contributed by atoms with E-state index < -0.39 is 0 Å². The first-order valence-corrected chi connectivity index (χ1v) is 6.40. The Morgan fingerprint density at radius 3 is 2.64 bits per heavy atom. The van der Waals surface area contributed by atoms with E-state index in [1.807, 2.05) is 25.3 Å². The molecule has 0 spiro atoms. The van der Waals surface area contributed by atoms with Crippen LogP contribution in [0.25, 0.3) is 0 Å². The number of hydrogen-bond donors (Lipinski definition) is 0. The van der Waals surface area contributed by atoms with Gasteiger partial charge in [0.15, 0.2) is 0 Å². The van der Waals surface area contributed by atoms with Gasteiger partial charge >= 0.3 is 0 Å². The molecule has 0 amide bonds. The average molecular weight is 275 g/mol. The molecule has 0 fully saturated rings. The van der Waals surface area contributed by atoms with Crippen molar-refractivity contribution in [1.82, 2.24) is 0 Å². The van der Waals surface area contributed by atoms with E-state index in [1.165, 1.54) is 0 Å². The molecule has 0 aliphatic rings. The molecule has 1 heterocycles. The molecule has 3 heteroatoms. The number of rotatable bonds is 4. The highest BCUT2D eigenvalue weighted by molar-refractivity contribution is 9.10. The van der Waals surface area contributed by atoms with Gasteiger partial charge in [0.1, 0.15) is 5.78 Å². The molecule has 0 atom stereocenters. The molecule has 0 aromatic carbocycles. The molecule has 0 saturated heterocycles. The maximum absolute atomic E-state index is 11.9. The van der Waals surface area contributed by atoms with Crippen molar-refractivity contribution in [3.8, 4) is 0 Å². The van der Waals surface area contributed by atoms with E-state index in [1.54, 1.807) is 11.3 Å². The second-order valence-corrected chi connectivity index (χ2v) is 5.88. The zero-order valence-corrected chi connectivity index (χ0v) is 11.2. The fourth-order valence-electron chi connectivity index (χ4n) is 1.03. The van der Waals surface area contributed by atoms with Gasteiger partial charge in [-0.25, -0.2) is 0 Å². The number of Topliss-reactive ketones (excluding diaryl/α,β-unsaturated/α-hetero) is 1. The first-order chi connectivity index (χ1) is 6.47. The number of thiophene rings is 1. The van der Waals surface area contributed by atoms with Crippen LogP contribution in [-0.4, -0.2) is 5.78 Å². The third-order valence-electron chi connectivity index (χ3n) is 2.65. The van der Waals surface area contributed by atoms with Gasteiger partial charge in [0.05, 0.1) is 0 Å². The number of carbonyl (C=O) groups is 1. The Hall–Kier alpha value is -0.150. The van der Waals surface area contributed by atoms with Crippen LogP contribution in [0.3, 0.4) is 0 Å². The second kappa shape index (κ2) is 4.58. The molecule has 0 saturated carbocycles. The van der Waals surface area contributed by atoms with Crippen molar-refractivity contribution in [3.63, 3.8) is 0 Å². The van der Waals surface area contributed by atoms with Crippen LogP contribution in [0, 0.1) is 5.41 Å². The lowest BCUT2D eigenvalue weighted by Crippen LogP contribution is -2.24. The van der Waals surface area contributed by atoms with Crippen molar-refractivity contribution in [1.29, 1.82) is 0 Å². The topological polar surface area (TPSA) is 17.1 Å². The summed E-state index contributed by atoms with van der Waals surface area (Å²) in [4.78, 5) is 13.0. The van der Waals surface area contributed by atoms with Crippen LogP contribution in [0.15, 0.2) is 15.9 Å². The lowest BCUT2D eigenvalue weighted by molar-refractivity contribution is -0.126. The molecule has 1 nitrogen and oxygen atoms in total. The summed E-state index contributed by atoms with van der Waals surface area (Å²) in [5.41, 5.74) is -0.191. The van der Waals surface area contributed by atoms with Gasteiger partial charge in [0, 0.05) is 21.2 Å². The van der Waals surface area contributed by atoms with Crippen LogP contribution < -0.4 is 0 Å². The van der Waals surface area contributed by atoms with Crippen LogP contribution in [0.4, 0.5) is 0 Å². The van der Waals surface area contributed by atoms with Crippen molar-refractivity contribution in [2.24, 2.45) is 5.41 Å². The fourth-order valence-corrected chi connectivity index (χ4v) is 2.52. The average Bonchev–Trinajstić information content (AvgIpc) is 2.52. The van der Waals surface area contributed by atoms with Gasteiger partial charge in [-0.2, -0.15) is 0 Å². The molecule has 0 radical (unpaired) electrons. The quantitative estimate of drug-likeness (QED) is 0.810. The van der Waals surface area contributed by atoms with Crippen molar-refractivity contribution in [2.45, 2.75) is 33.6 Å². The molecule has 0 N–H and O–H groups in total. The molecular weight excluding hydrogens is 260 g/mol. The summed E-state index contributed by atoms with van der Waals surface area (Å²) in [6.45, 7) is 6.08. The summed E-state index contributed by atoms with van der Waals surface area (Å²) in [6, 6.07) is 1.99. The molecule has 14 heavy (non-hydrogen) atoms. The first kappa shape index (κ1) is 11.9. The summed E-state index contributed by atoms with van der Waals surface area (Å²) in [6.07, 6.45) is 1.45. The Kier molecular flexibility index (Phi) is 3.90. The van der Waals surface area contributed by atoms with Crippen LogP contribution >= 0.6 is 27.3 Å². The van der Waals surface area contributed by atoms with Gasteiger partial charge in [-0.15, -0.1) is 11.3 Å².